The summed E-state index contributed by atoms with van der Waals surface area (Å²) in [6, 6.07) is 7.32. The van der Waals surface area contributed by atoms with E-state index in [2.05, 4.69) is 0 Å². The highest BCUT2D eigenvalue weighted by molar-refractivity contribution is 5.71. The minimum absolute atomic E-state index is 0.208. The number of hydrogen-bond acceptors (Lipinski definition) is 3. The lowest BCUT2D eigenvalue weighted by molar-refractivity contribution is -0.144. The molecule has 0 amide bonds. The Hall–Kier alpha value is -1.71. The van der Waals surface area contributed by atoms with Crippen LogP contribution in [-0.4, -0.2) is 23.8 Å². The summed E-state index contributed by atoms with van der Waals surface area (Å²) in [6.45, 7) is 2.56. The van der Waals surface area contributed by atoms with Crippen molar-refractivity contribution in [2.75, 3.05) is 6.61 Å². The van der Waals surface area contributed by atoms with E-state index in [4.69, 9.17) is 14.6 Å². The van der Waals surface area contributed by atoms with Crippen LogP contribution in [0.3, 0.4) is 0 Å². The van der Waals surface area contributed by atoms with Crippen LogP contribution in [0.1, 0.15) is 26.2 Å². The molecule has 1 fully saturated rings. The molecule has 2 unspecified atom stereocenters. The van der Waals surface area contributed by atoms with Crippen molar-refractivity contribution in [3.05, 3.63) is 24.3 Å². The minimum atomic E-state index is -0.761. The van der Waals surface area contributed by atoms with Crippen molar-refractivity contribution in [2.45, 2.75) is 32.3 Å². The molecule has 0 heterocycles. The lowest BCUT2D eigenvalue weighted by atomic mass is 10.1. The van der Waals surface area contributed by atoms with Gasteiger partial charge in [-0.15, -0.1) is 0 Å². The number of carboxylic acid groups (broad SMARTS) is 1. The molecule has 1 aliphatic carbocycles. The van der Waals surface area contributed by atoms with E-state index in [0.29, 0.717) is 18.8 Å². The van der Waals surface area contributed by atoms with Crippen molar-refractivity contribution < 1.29 is 19.4 Å². The molecule has 1 aromatic carbocycles. The van der Waals surface area contributed by atoms with E-state index in [9.17, 15) is 4.79 Å². The van der Waals surface area contributed by atoms with Gasteiger partial charge in [-0.25, -0.2) is 0 Å². The Morgan fingerprint density at radius 3 is 2.56 bits per heavy atom. The van der Waals surface area contributed by atoms with Gasteiger partial charge in [0.05, 0.1) is 12.5 Å². The van der Waals surface area contributed by atoms with E-state index >= 15 is 0 Å². The molecule has 18 heavy (non-hydrogen) atoms. The maximum atomic E-state index is 11.0. The predicted octanol–water partition coefficient (Wildman–Crippen LogP) is 2.72. The van der Waals surface area contributed by atoms with Gasteiger partial charge in [0.15, 0.2) is 0 Å². The Kier molecular flexibility index (Phi) is 4.07. The highest BCUT2D eigenvalue weighted by atomic mass is 16.5. The van der Waals surface area contributed by atoms with Crippen LogP contribution in [0.25, 0.3) is 0 Å². The molecular weight excluding hydrogens is 232 g/mol. The largest absolute Gasteiger partial charge is 0.494 e. The van der Waals surface area contributed by atoms with E-state index < -0.39 is 5.97 Å². The molecule has 0 aliphatic heterocycles. The molecule has 2 atom stereocenters. The summed E-state index contributed by atoms with van der Waals surface area (Å²) in [5, 5.41) is 9.08. The molecule has 0 saturated heterocycles. The van der Waals surface area contributed by atoms with Crippen molar-refractivity contribution >= 4 is 5.97 Å². The third-order valence-corrected chi connectivity index (χ3v) is 3.19. The van der Waals surface area contributed by atoms with E-state index in [-0.39, 0.29) is 12.0 Å². The van der Waals surface area contributed by atoms with Crippen LogP contribution >= 0.6 is 0 Å². The quantitative estimate of drug-likeness (QED) is 0.873. The lowest BCUT2D eigenvalue weighted by Crippen LogP contribution is -2.27. The summed E-state index contributed by atoms with van der Waals surface area (Å²) in [6.07, 6.45) is 2.22. The lowest BCUT2D eigenvalue weighted by Gasteiger charge is -2.18. The van der Waals surface area contributed by atoms with Crippen molar-refractivity contribution in [1.29, 1.82) is 0 Å². The highest BCUT2D eigenvalue weighted by Crippen LogP contribution is 2.30. The van der Waals surface area contributed by atoms with Gasteiger partial charge >= 0.3 is 5.97 Å². The van der Waals surface area contributed by atoms with Gasteiger partial charge in [-0.05, 0) is 50.5 Å². The summed E-state index contributed by atoms with van der Waals surface area (Å²) in [4.78, 5) is 11.0. The minimum Gasteiger partial charge on any atom is -0.494 e. The molecule has 0 radical (unpaired) electrons. The van der Waals surface area contributed by atoms with Gasteiger partial charge in [0.1, 0.15) is 17.6 Å². The fourth-order valence-corrected chi connectivity index (χ4v) is 2.31. The molecule has 98 valence electrons. The Morgan fingerprint density at radius 2 is 1.94 bits per heavy atom. The SMILES string of the molecule is CCOc1ccc(OC2CCCC2C(=O)O)cc1. The number of hydrogen-bond donors (Lipinski definition) is 1. The van der Waals surface area contributed by atoms with E-state index in [1.165, 1.54) is 0 Å². The van der Waals surface area contributed by atoms with Gasteiger partial charge in [-0.1, -0.05) is 0 Å². The number of ether oxygens (including phenoxy) is 2. The Morgan fingerprint density at radius 1 is 1.28 bits per heavy atom. The molecule has 1 saturated carbocycles. The average Bonchev–Trinajstić information content (AvgIpc) is 2.80. The Labute approximate surface area is 107 Å². The molecule has 1 aliphatic rings. The summed E-state index contributed by atoms with van der Waals surface area (Å²) >= 11 is 0. The maximum Gasteiger partial charge on any atom is 0.310 e. The van der Waals surface area contributed by atoms with Gasteiger partial charge in [-0.2, -0.15) is 0 Å². The zero-order valence-electron chi connectivity index (χ0n) is 10.5. The van der Waals surface area contributed by atoms with Gasteiger partial charge < -0.3 is 14.6 Å². The number of benzene rings is 1. The first kappa shape index (κ1) is 12.7. The summed E-state index contributed by atoms with van der Waals surface area (Å²) in [5.74, 6) is 0.364. The van der Waals surface area contributed by atoms with Gasteiger partial charge in [-0.3, -0.25) is 4.79 Å². The van der Waals surface area contributed by atoms with Crippen LogP contribution in [0, 0.1) is 5.92 Å². The first-order valence-electron chi connectivity index (χ1n) is 6.33. The zero-order chi connectivity index (χ0) is 13.0. The van der Waals surface area contributed by atoms with E-state index in [0.717, 1.165) is 18.6 Å². The monoisotopic (exact) mass is 250 g/mol. The smallest absolute Gasteiger partial charge is 0.310 e. The topological polar surface area (TPSA) is 55.8 Å². The Bertz CT molecular complexity index is 399. The second kappa shape index (κ2) is 5.76. The molecule has 4 heteroatoms. The number of aliphatic carboxylic acids is 1. The van der Waals surface area contributed by atoms with Crippen LogP contribution in [0.5, 0.6) is 11.5 Å². The molecule has 4 nitrogen and oxygen atoms in total. The average molecular weight is 250 g/mol. The molecule has 1 N–H and O–H groups in total. The predicted molar refractivity (Wildman–Crippen MR) is 67.0 cm³/mol. The third-order valence-electron chi connectivity index (χ3n) is 3.19. The molecule has 1 aromatic rings. The first-order valence-corrected chi connectivity index (χ1v) is 6.33. The molecular formula is C14H18O4. The molecule has 0 bridgehead atoms. The number of rotatable bonds is 5. The van der Waals surface area contributed by atoms with Crippen molar-refractivity contribution in [2.24, 2.45) is 5.92 Å². The summed E-state index contributed by atoms with van der Waals surface area (Å²) in [7, 11) is 0. The second-order valence-electron chi connectivity index (χ2n) is 4.44. The standard InChI is InChI=1S/C14H18O4/c1-2-17-10-6-8-11(9-7-10)18-13-5-3-4-12(13)14(15)16/h6-9,12-13H,2-5H2,1H3,(H,15,16). The van der Waals surface area contributed by atoms with E-state index in [1.54, 1.807) is 0 Å². The maximum absolute atomic E-state index is 11.0. The Balaban J connectivity index is 1.98. The third kappa shape index (κ3) is 2.94. The van der Waals surface area contributed by atoms with Crippen LogP contribution < -0.4 is 9.47 Å². The van der Waals surface area contributed by atoms with Crippen LogP contribution in [0.15, 0.2) is 24.3 Å². The van der Waals surface area contributed by atoms with Crippen LogP contribution in [0.2, 0.25) is 0 Å². The summed E-state index contributed by atoms with van der Waals surface area (Å²) in [5.41, 5.74) is 0. The highest BCUT2D eigenvalue weighted by Gasteiger charge is 2.34. The van der Waals surface area contributed by atoms with Crippen LogP contribution in [-0.2, 0) is 4.79 Å². The van der Waals surface area contributed by atoms with Gasteiger partial charge in [0.2, 0.25) is 0 Å². The van der Waals surface area contributed by atoms with E-state index in [1.807, 2.05) is 31.2 Å². The number of carboxylic acids is 1. The van der Waals surface area contributed by atoms with Crippen LogP contribution in [0.4, 0.5) is 0 Å². The fraction of sp³-hybridized carbons (Fsp3) is 0.500. The van der Waals surface area contributed by atoms with Crippen molar-refractivity contribution in [3.8, 4) is 11.5 Å². The normalized spacial score (nSPS) is 22.7. The van der Waals surface area contributed by atoms with Gasteiger partial charge in [0.25, 0.3) is 0 Å². The fourth-order valence-electron chi connectivity index (χ4n) is 2.31. The molecule has 2 rings (SSSR count). The van der Waals surface area contributed by atoms with Crippen molar-refractivity contribution in [1.82, 2.24) is 0 Å². The second-order valence-corrected chi connectivity index (χ2v) is 4.44. The zero-order valence-corrected chi connectivity index (χ0v) is 10.5. The summed E-state index contributed by atoms with van der Waals surface area (Å²) < 4.78 is 11.1. The van der Waals surface area contributed by atoms with Gasteiger partial charge in [0, 0.05) is 0 Å². The number of carbonyl (C=O) groups is 1. The molecule has 0 aromatic heterocycles. The molecule has 0 spiro atoms. The first-order chi connectivity index (χ1) is 8.70. The van der Waals surface area contributed by atoms with Crippen molar-refractivity contribution in [3.63, 3.8) is 0 Å².